The third-order valence-corrected chi connectivity index (χ3v) is 5.87. The van der Waals surface area contributed by atoms with Crippen LogP contribution in [0.4, 0.5) is 4.39 Å². The molecule has 1 fully saturated rings. The molecule has 1 aliphatic rings. The second-order valence-corrected chi connectivity index (χ2v) is 7.57. The lowest BCUT2D eigenvalue weighted by atomic mass is 10.1. The maximum Gasteiger partial charge on any atom is 0.246 e. The summed E-state index contributed by atoms with van der Waals surface area (Å²) in [5.74, 6) is 0.595. The van der Waals surface area contributed by atoms with Crippen LogP contribution in [0.15, 0.2) is 54.6 Å². The Balaban J connectivity index is 1.64. The quantitative estimate of drug-likeness (QED) is 0.687. The first-order valence-corrected chi connectivity index (χ1v) is 9.65. The number of thioether (sulfide) groups is 1. The van der Waals surface area contributed by atoms with Crippen LogP contribution in [-0.2, 0) is 4.79 Å². The summed E-state index contributed by atoms with van der Waals surface area (Å²) in [5.41, 5.74) is 1.55. The highest BCUT2D eigenvalue weighted by molar-refractivity contribution is 7.99. The second kappa shape index (κ2) is 8.54. The number of benzene rings is 2. The number of hydrogen-bond donors (Lipinski definition) is 0. The fourth-order valence-electron chi connectivity index (χ4n) is 2.85. The van der Waals surface area contributed by atoms with Gasteiger partial charge in [-0.3, -0.25) is 4.79 Å². The minimum atomic E-state index is -0.168. The van der Waals surface area contributed by atoms with Crippen molar-refractivity contribution in [2.24, 2.45) is 0 Å². The first-order valence-electron chi connectivity index (χ1n) is 8.22. The standard InChI is InChI=1S/C20H19ClFNOS/c21-17-7-3-1-5-15(17)9-10-20(24)23-12-11-19(25-14-13-23)16-6-2-4-8-18(16)22/h1-10,19H,11-14H2/b10-9+/t19-/m0/s1. The molecule has 2 aromatic rings. The van der Waals surface area contributed by atoms with Crippen LogP contribution in [0.1, 0.15) is 22.8 Å². The van der Waals surface area contributed by atoms with E-state index >= 15 is 0 Å². The molecule has 0 N–H and O–H groups in total. The summed E-state index contributed by atoms with van der Waals surface area (Å²) in [5, 5.41) is 0.712. The minimum Gasteiger partial charge on any atom is -0.338 e. The fraction of sp³-hybridized carbons (Fsp3) is 0.250. The van der Waals surface area contributed by atoms with Gasteiger partial charge in [0, 0.05) is 40.8 Å². The maximum atomic E-state index is 14.0. The number of nitrogens with zero attached hydrogens (tertiary/aromatic N) is 1. The molecule has 0 aromatic heterocycles. The molecule has 2 nitrogen and oxygen atoms in total. The Morgan fingerprint density at radius 1 is 1.16 bits per heavy atom. The number of hydrogen-bond acceptors (Lipinski definition) is 2. The highest BCUT2D eigenvalue weighted by Gasteiger charge is 2.22. The predicted molar refractivity (Wildman–Crippen MR) is 103 cm³/mol. The highest BCUT2D eigenvalue weighted by Crippen LogP contribution is 2.35. The molecule has 0 spiro atoms. The van der Waals surface area contributed by atoms with Crippen molar-refractivity contribution in [2.45, 2.75) is 11.7 Å². The van der Waals surface area contributed by atoms with E-state index in [1.807, 2.05) is 35.2 Å². The van der Waals surface area contributed by atoms with Gasteiger partial charge < -0.3 is 4.90 Å². The van der Waals surface area contributed by atoms with Crippen molar-refractivity contribution in [3.05, 3.63) is 76.6 Å². The van der Waals surface area contributed by atoms with Crippen molar-refractivity contribution in [1.29, 1.82) is 0 Å². The first-order chi connectivity index (χ1) is 12.1. The molecule has 130 valence electrons. The number of halogens is 2. The molecule has 1 saturated heterocycles. The number of carbonyl (C=O) groups excluding carboxylic acids is 1. The van der Waals surface area contributed by atoms with Gasteiger partial charge in [0.25, 0.3) is 0 Å². The molecule has 25 heavy (non-hydrogen) atoms. The number of amides is 1. The van der Waals surface area contributed by atoms with E-state index in [4.69, 9.17) is 11.6 Å². The van der Waals surface area contributed by atoms with Crippen LogP contribution in [0.2, 0.25) is 5.02 Å². The molecule has 0 bridgehead atoms. The van der Waals surface area contributed by atoms with Crippen molar-refractivity contribution in [3.8, 4) is 0 Å². The van der Waals surface area contributed by atoms with Gasteiger partial charge in [0.1, 0.15) is 5.82 Å². The zero-order valence-corrected chi connectivity index (χ0v) is 15.3. The Kier molecular flexibility index (Phi) is 6.16. The van der Waals surface area contributed by atoms with Gasteiger partial charge in [0.05, 0.1) is 0 Å². The Bertz CT molecular complexity index is 780. The topological polar surface area (TPSA) is 20.3 Å². The van der Waals surface area contributed by atoms with Crippen molar-refractivity contribution in [1.82, 2.24) is 4.90 Å². The Hall–Kier alpha value is -1.78. The van der Waals surface area contributed by atoms with E-state index in [1.165, 1.54) is 6.07 Å². The fourth-order valence-corrected chi connectivity index (χ4v) is 4.30. The minimum absolute atomic E-state index is 0.0327. The Labute approximate surface area is 156 Å². The largest absolute Gasteiger partial charge is 0.338 e. The molecule has 0 radical (unpaired) electrons. The molecule has 1 amide bonds. The van der Waals surface area contributed by atoms with Crippen LogP contribution in [0.25, 0.3) is 6.08 Å². The average Bonchev–Trinajstić information content (AvgIpc) is 2.87. The lowest BCUT2D eigenvalue weighted by Crippen LogP contribution is -2.31. The van der Waals surface area contributed by atoms with E-state index in [9.17, 15) is 9.18 Å². The van der Waals surface area contributed by atoms with Gasteiger partial charge in [-0.15, -0.1) is 0 Å². The van der Waals surface area contributed by atoms with Gasteiger partial charge in [0.2, 0.25) is 5.91 Å². The van der Waals surface area contributed by atoms with Crippen molar-refractivity contribution < 1.29 is 9.18 Å². The van der Waals surface area contributed by atoms with Gasteiger partial charge in [0.15, 0.2) is 0 Å². The second-order valence-electron chi connectivity index (χ2n) is 5.85. The molecular formula is C20H19ClFNOS. The normalized spacial score (nSPS) is 18.3. The highest BCUT2D eigenvalue weighted by atomic mass is 35.5. The van der Waals surface area contributed by atoms with Gasteiger partial charge in [-0.25, -0.2) is 4.39 Å². The van der Waals surface area contributed by atoms with E-state index in [0.717, 1.165) is 23.3 Å². The number of rotatable bonds is 3. The average molecular weight is 376 g/mol. The molecule has 5 heteroatoms. The summed E-state index contributed by atoms with van der Waals surface area (Å²) in [6.45, 7) is 1.29. The van der Waals surface area contributed by atoms with Crippen LogP contribution in [0.5, 0.6) is 0 Å². The van der Waals surface area contributed by atoms with E-state index in [0.29, 0.717) is 18.1 Å². The molecule has 1 atom stereocenters. The van der Waals surface area contributed by atoms with E-state index in [1.54, 1.807) is 36.0 Å². The SMILES string of the molecule is O=C(/C=C/c1ccccc1Cl)N1CCS[C@H](c2ccccc2F)CC1. The van der Waals surface area contributed by atoms with Crippen molar-refractivity contribution >= 4 is 35.3 Å². The van der Waals surface area contributed by atoms with Crippen LogP contribution in [0.3, 0.4) is 0 Å². The zero-order chi connectivity index (χ0) is 17.6. The maximum absolute atomic E-state index is 14.0. The third-order valence-electron chi connectivity index (χ3n) is 4.22. The number of carbonyl (C=O) groups is 1. The predicted octanol–water partition coefficient (Wildman–Crippen LogP) is 5.20. The summed E-state index contributed by atoms with van der Waals surface area (Å²) < 4.78 is 14.0. The van der Waals surface area contributed by atoms with Crippen LogP contribution >= 0.6 is 23.4 Å². The zero-order valence-electron chi connectivity index (χ0n) is 13.7. The van der Waals surface area contributed by atoms with Crippen LogP contribution < -0.4 is 0 Å². The van der Waals surface area contributed by atoms with Crippen molar-refractivity contribution in [2.75, 3.05) is 18.8 Å². The lowest BCUT2D eigenvalue weighted by molar-refractivity contribution is -0.125. The summed E-state index contributed by atoms with van der Waals surface area (Å²) in [4.78, 5) is 14.3. The van der Waals surface area contributed by atoms with E-state index in [-0.39, 0.29) is 17.0 Å². The van der Waals surface area contributed by atoms with Crippen LogP contribution in [-0.4, -0.2) is 29.6 Å². The first kappa shape index (κ1) is 18.0. The summed E-state index contributed by atoms with van der Waals surface area (Å²) in [7, 11) is 0. The van der Waals surface area contributed by atoms with Gasteiger partial charge in [-0.1, -0.05) is 48.0 Å². The Morgan fingerprint density at radius 3 is 2.72 bits per heavy atom. The van der Waals surface area contributed by atoms with E-state index < -0.39 is 0 Å². The van der Waals surface area contributed by atoms with Crippen molar-refractivity contribution in [3.63, 3.8) is 0 Å². The van der Waals surface area contributed by atoms with Gasteiger partial charge in [-0.2, -0.15) is 11.8 Å². The molecule has 0 unspecified atom stereocenters. The molecule has 2 aromatic carbocycles. The van der Waals surface area contributed by atoms with E-state index in [2.05, 4.69) is 0 Å². The summed E-state index contributed by atoms with van der Waals surface area (Å²) >= 11 is 7.82. The van der Waals surface area contributed by atoms with Gasteiger partial charge >= 0.3 is 0 Å². The molecule has 1 heterocycles. The smallest absolute Gasteiger partial charge is 0.246 e. The lowest BCUT2D eigenvalue weighted by Gasteiger charge is -2.18. The Morgan fingerprint density at radius 2 is 1.92 bits per heavy atom. The van der Waals surface area contributed by atoms with Gasteiger partial charge in [-0.05, 0) is 30.2 Å². The third kappa shape index (κ3) is 4.65. The monoisotopic (exact) mass is 375 g/mol. The summed E-state index contributed by atoms with van der Waals surface area (Å²) in [6, 6.07) is 14.3. The molecule has 1 aliphatic heterocycles. The molecular weight excluding hydrogens is 357 g/mol. The molecule has 3 rings (SSSR count). The molecule has 0 aliphatic carbocycles. The summed E-state index contributed by atoms with van der Waals surface area (Å²) in [6.07, 6.45) is 4.06. The van der Waals surface area contributed by atoms with Crippen LogP contribution in [0, 0.1) is 5.82 Å². The molecule has 0 saturated carbocycles.